The van der Waals surface area contributed by atoms with Crippen molar-refractivity contribution in [2.24, 2.45) is 10.3 Å². The van der Waals surface area contributed by atoms with Gasteiger partial charge in [0.05, 0.1) is 0 Å². The van der Waals surface area contributed by atoms with Gasteiger partial charge in [-0.3, -0.25) is 0 Å². The lowest BCUT2D eigenvalue weighted by molar-refractivity contribution is 0.318. The largest absolute Gasteiger partial charge is 0.410 e. The molecule has 0 spiro atoms. The van der Waals surface area contributed by atoms with Crippen molar-refractivity contribution in [3.05, 3.63) is 47.5 Å². The Labute approximate surface area is 80.5 Å². The van der Waals surface area contributed by atoms with E-state index in [9.17, 15) is 0 Å². The summed E-state index contributed by atoms with van der Waals surface area (Å²) in [6.45, 7) is 0. The average molecular weight is 188 g/mol. The molecule has 1 aliphatic rings. The predicted molar refractivity (Wildman–Crippen MR) is 52.2 cm³/mol. The molecular weight excluding hydrogens is 180 g/mol. The Morgan fingerprint density at radius 3 is 1.57 bits per heavy atom. The minimum Gasteiger partial charge on any atom is -0.410 e. The van der Waals surface area contributed by atoms with Crippen LogP contribution in [0.2, 0.25) is 0 Å². The fraction of sp³-hybridized carbons (Fsp3) is 0. The van der Waals surface area contributed by atoms with Crippen LogP contribution >= 0.6 is 0 Å². The first-order valence-corrected chi connectivity index (χ1v) is 4.09. The molecule has 14 heavy (non-hydrogen) atoms. The van der Waals surface area contributed by atoms with Gasteiger partial charge in [0.1, 0.15) is 11.4 Å². The van der Waals surface area contributed by atoms with E-state index in [4.69, 9.17) is 10.4 Å². The zero-order chi connectivity index (χ0) is 9.97. The Morgan fingerprint density at radius 2 is 1.21 bits per heavy atom. The Kier molecular flexibility index (Phi) is 2.02. The molecule has 0 amide bonds. The number of allylic oxidation sites excluding steroid dienone is 2. The minimum absolute atomic E-state index is 0.466. The molecule has 0 saturated heterocycles. The fourth-order valence-corrected chi connectivity index (χ4v) is 1.44. The average Bonchev–Trinajstić information content (AvgIpc) is 2.27. The molecule has 0 fully saturated rings. The molecule has 4 heteroatoms. The summed E-state index contributed by atoms with van der Waals surface area (Å²) in [6, 6.07) is 7.27. The van der Waals surface area contributed by atoms with Gasteiger partial charge in [-0.25, -0.2) is 0 Å². The molecular formula is C10H8N2O2. The lowest BCUT2D eigenvalue weighted by atomic mass is 9.94. The number of hydrogen-bond acceptors (Lipinski definition) is 4. The summed E-state index contributed by atoms with van der Waals surface area (Å²) >= 11 is 0. The van der Waals surface area contributed by atoms with E-state index < -0.39 is 0 Å². The molecule has 4 nitrogen and oxygen atoms in total. The van der Waals surface area contributed by atoms with Gasteiger partial charge in [-0.15, -0.1) is 0 Å². The first-order valence-electron chi connectivity index (χ1n) is 4.09. The molecule has 0 aromatic heterocycles. The van der Waals surface area contributed by atoms with E-state index in [-0.39, 0.29) is 0 Å². The van der Waals surface area contributed by atoms with Crippen molar-refractivity contribution in [3.8, 4) is 0 Å². The summed E-state index contributed by atoms with van der Waals surface area (Å²) in [4.78, 5) is 0. The number of fused-ring (bicyclic) bond motifs is 1. The maximum atomic E-state index is 8.73. The maximum absolute atomic E-state index is 8.73. The van der Waals surface area contributed by atoms with E-state index in [1.165, 1.54) is 0 Å². The van der Waals surface area contributed by atoms with Crippen LogP contribution in [0.25, 0.3) is 0 Å². The molecule has 0 atom stereocenters. The zero-order valence-corrected chi connectivity index (χ0v) is 7.25. The van der Waals surface area contributed by atoms with Crippen LogP contribution in [0.15, 0.2) is 46.7 Å². The minimum atomic E-state index is 0.466. The number of hydrogen-bond donors (Lipinski definition) is 2. The van der Waals surface area contributed by atoms with Gasteiger partial charge in [-0.05, 0) is 12.2 Å². The normalized spacial score (nSPS) is 20.0. The number of nitrogens with zero attached hydrogens (tertiary/aromatic N) is 2. The van der Waals surface area contributed by atoms with Gasteiger partial charge < -0.3 is 10.4 Å². The van der Waals surface area contributed by atoms with Gasteiger partial charge >= 0.3 is 0 Å². The molecule has 0 bridgehead atoms. The summed E-state index contributed by atoms with van der Waals surface area (Å²) in [5.74, 6) is 0. The van der Waals surface area contributed by atoms with Crippen molar-refractivity contribution in [2.75, 3.05) is 0 Å². The maximum Gasteiger partial charge on any atom is 0.110 e. The standard InChI is InChI=1S/C10H8N2O2/c13-11-9-5-6-10(12-14)8-4-2-1-3-7(8)9/h1-6,13-14H. The molecule has 1 aromatic carbocycles. The topological polar surface area (TPSA) is 65.2 Å². The summed E-state index contributed by atoms with van der Waals surface area (Å²) < 4.78 is 0. The van der Waals surface area contributed by atoms with Gasteiger partial charge in [0.25, 0.3) is 0 Å². The lowest BCUT2D eigenvalue weighted by Crippen LogP contribution is -2.12. The summed E-state index contributed by atoms with van der Waals surface area (Å²) in [5.41, 5.74) is 2.44. The zero-order valence-electron chi connectivity index (χ0n) is 7.25. The van der Waals surface area contributed by atoms with E-state index in [0.717, 1.165) is 11.1 Å². The van der Waals surface area contributed by atoms with Crippen LogP contribution in [0.4, 0.5) is 0 Å². The second-order valence-corrected chi connectivity index (χ2v) is 2.85. The molecule has 0 unspecified atom stereocenters. The molecule has 1 aliphatic carbocycles. The smallest absolute Gasteiger partial charge is 0.110 e. The van der Waals surface area contributed by atoms with Crippen LogP contribution in [-0.4, -0.2) is 21.8 Å². The van der Waals surface area contributed by atoms with E-state index >= 15 is 0 Å². The first-order chi connectivity index (χ1) is 6.86. The van der Waals surface area contributed by atoms with Crippen LogP contribution < -0.4 is 0 Å². The third-order valence-electron chi connectivity index (χ3n) is 2.09. The summed E-state index contributed by atoms with van der Waals surface area (Å²) in [6.07, 6.45) is 3.19. The quantitative estimate of drug-likeness (QED) is 0.480. The van der Waals surface area contributed by atoms with Gasteiger partial charge in [0.15, 0.2) is 0 Å². The van der Waals surface area contributed by atoms with Crippen LogP contribution in [-0.2, 0) is 0 Å². The lowest BCUT2D eigenvalue weighted by Gasteiger charge is -2.11. The molecule has 2 N–H and O–H groups in total. The molecule has 2 rings (SSSR count). The number of oxime groups is 2. The van der Waals surface area contributed by atoms with Gasteiger partial charge in [-0.1, -0.05) is 34.6 Å². The highest BCUT2D eigenvalue weighted by Crippen LogP contribution is 2.17. The molecule has 0 heterocycles. The number of rotatable bonds is 0. The molecule has 70 valence electrons. The Balaban J connectivity index is 2.67. The van der Waals surface area contributed by atoms with Crippen molar-refractivity contribution >= 4 is 11.4 Å². The molecule has 0 saturated carbocycles. The highest BCUT2D eigenvalue weighted by atomic mass is 16.4. The van der Waals surface area contributed by atoms with Crippen molar-refractivity contribution in [2.45, 2.75) is 0 Å². The van der Waals surface area contributed by atoms with Gasteiger partial charge in [-0.2, -0.15) is 0 Å². The second-order valence-electron chi connectivity index (χ2n) is 2.85. The van der Waals surface area contributed by atoms with Gasteiger partial charge in [0, 0.05) is 11.1 Å². The molecule has 0 radical (unpaired) electrons. The predicted octanol–water partition coefficient (Wildman–Crippen LogP) is 1.61. The van der Waals surface area contributed by atoms with E-state index in [2.05, 4.69) is 10.3 Å². The highest BCUT2D eigenvalue weighted by Gasteiger charge is 2.15. The van der Waals surface area contributed by atoms with E-state index in [1.54, 1.807) is 24.3 Å². The van der Waals surface area contributed by atoms with Crippen LogP contribution in [0.3, 0.4) is 0 Å². The summed E-state index contributed by atoms with van der Waals surface area (Å²) in [5, 5.41) is 23.8. The Hall–Kier alpha value is -2.10. The van der Waals surface area contributed by atoms with Crippen molar-refractivity contribution in [1.82, 2.24) is 0 Å². The SMILES string of the molecule is ON=C1C=CC(=NO)c2ccccc21. The Bertz CT molecular complexity index is 406. The van der Waals surface area contributed by atoms with Crippen LogP contribution in [0, 0.1) is 0 Å². The van der Waals surface area contributed by atoms with Crippen molar-refractivity contribution in [3.63, 3.8) is 0 Å². The van der Waals surface area contributed by atoms with E-state index in [1.807, 2.05) is 12.1 Å². The van der Waals surface area contributed by atoms with Crippen molar-refractivity contribution < 1.29 is 10.4 Å². The third-order valence-corrected chi connectivity index (χ3v) is 2.09. The summed E-state index contributed by atoms with van der Waals surface area (Å²) in [7, 11) is 0. The third kappa shape index (κ3) is 1.17. The van der Waals surface area contributed by atoms with Crippen molar-refractivity contribution in [1.29, 1.82) is 0 Å². The highest BCUT2D eigenvalue weighted by molar-refractivity contribution is 6.25. The second kappa shape index (κ2) is 3.33. The number of benzene rings is 1. The van der Waals surface area contributed by atoms with E-state index in [0.29, 0.717) is 11.4 Å². The Morgan fingerprint density at radius 1 is 0.786 bits per heavy atom. The van der Waals surface area contributed by atoms with Crippen LogP contribution in [0.5, 0.6) is 0 Å². The van der Waals surface area contributed by atoms with Gasteiger partial charge in [0.2, 0.25) is 0 Å². The fourth-order valence-electron chi connectivity index (χ4n) is 1.44. The molecule has 1 aromatic rings. The van der Waals surface area contributed by atoms with Crippen LogP contribution in [0.1, 0.15) is 11.1 Å². The first kappa shape index (κ1) is 8.50. The molecule has 0 aliphatic heterocycles. The monoisotopic (exact) mass is 188 g/mol.